The monoisotopic (exact) mass is 251 g/mol. The maximum absolute atomic E-state index is 2.51. The first kappa shape index (κ1) is 12.9. The van der Waals surface area contributed by atoms with Crippen molar-refractivity contribution in [1.29, 1.82) is 0 Å². The van der Waals surface area contributed by atoms with Crippen molar-refractivity contribution in [2.24, 2.45) is 0 Å². The van der Waals surface area contributed by atoms with Gasteiger partial charge in [0.15, 0.2) is 0 Å². The summed E-state index contributed by atoms with van der Waals surface area (Å²) < 4.78 is 0. The van der Waals surface area contributed by atoms with Crippen molar-refractivity contribution in [3.8, 4) is 0 Å². The van der Waals surface area contributed by atoms with Crippen LogP contribution in [0.2, 0.25) is 0 Å². The molecule has 1 atom stereocenters. The largest absolute Gasteiger partial charge is 0.305 e. The fraction of sp³-hybridized carbons (Fsp3) is 0.600. The van der Waals surface area contributed by atoms with E-state index in [9.17, 15) is 0 Å². The molecule has 0 spiro atoms. The zero-order valence-electron chi connectivity index (χ0n) is 10.6. The maximum Gasteiger partial charge on any atom is 0.00475 e. The van der Waals surface area contributed by atoms with Crippen LogP contribution < -0.4 is 0 Å². The van der Waals surface area contributed by atoms with E-state index in [4.69, 9.17) is 0 Å². The predicted molar refractivity (Wildman–Crippen MR) is 75.2 cm³/mol. The third kappa shape index (κ3) is 2.51. The van der Waals surface area contributed by atoms with Crippen LogP contribution in [0.1, 0.15) is 41.9 Å². The second kappa shape index (κ2) is 5.41. The molecule has 0 bridgehead atoms. The number of nitrogens with zero attached hydrogens (tertiary/aromatic N) is 1. The fourth-order valence-electron chi connectivity index (χ4n) is 3.44. The van der Waals surface area contributed by atoms with Gasteiger partial charge >= 0.3 is 0 Å². The van der Waals surface area contributed by atoms with E-state index < -0.39 is 0 Å². The van der Waals surface area contributed by atoms with Crippen LogP contribution in [0.25, 0.3) is 0 Å². The average Bonchev–Trinajstić information content (AvgIpc) is 2.58. The highest BCUT2D eigenvalue weighted by Crippen LogP contribution is 2.35. The van der Waals surface area contributed by atoms with Gasteiger partial charge in [-0.15, -0.1) is 12.4 Å². The van der Waals surface area contributed by atoms with Crippen molar-refractivity contribution in [3.05, 3.63) is 34.9 Å². The lowest BCUT2D eigenvalue weighted by Gasteiger charge is -2.21. The van der Waals surface area contributed by atoms with Crippen molar-refractivity contribution in [1.82, 2.24) is 4.90 Å². The van der Waals surface area contributed by atoms with E-state index in [1.807, 2.05) is 0 Å². The Kier molecular flexibility index (Phi) is 4.11. The molecule has 2 aliphatic rings. The van der Waals surface area contributed by atoms with Gasteiger partial charge in [0.25, 0.3) is 0 Å². The Morgan fingerprint density at radius 2 is 1.88 bits per heavy atom. The summed E-state index contributed by atoms with van der Waals surface area (Å²) in [6.45, 7) is 2.50. The van der Waals surface area contributed by atoms with E-state index in [-0.39, 0.29) is 12.4 Å². The minimum Gasteiger partial charge on any atom is -0.305 e. The molecule has 1 aliphatic heterocycles. The number of rotatable bonds is 0. The molecule has 0 N–H and O–H groups in total. The zero-order valence-corrected chi connectivity index (χ0v) is 11.4. The van der Waals surface area contributed by atoms with Gasteiger partial charge in [-0.1, -0.05) is 24.6 Å². The molecule has 1 heterocycles. The highest BCUT2D eigenvalue weighted by molar-refractivity contribution is 5.85. The number of hydrogen-bond acceptors (Lipinski definition) is 1. The zero-order chi connectivity index (χ0) is 11.0. The molecule has 0 aromatic heterocycles. The van der Waals surface area contributed by atoms with Gasteiger partial charge in [-0.05, 0) is 55.3 Å². The van der Waals surface area contributed by atoms with Gasteiger partial charge in [0.05, 0.1) is 0 Å². The first-order valence-electron chi connectivity index (χ1n) is 6.64. The molecule has 17 heavy (non-hydrogen) atoms. The number of aryl methyl sites for hydroxylation is 1. The second-order valence-electron chi connectivity index (χ2n) is 5.44. The summed E-state index contributed by atoms with van der Waals surface area (Å²) in [5, 5.41) is 0. The molecule has 1 nitrogen and oxygen atoms in total. The summed E-state index contributed by atoms with van der Waals surface area (Å²) in [5.41, 5.74) is 5.01. The summed E-state index contributed by atoms with van der Waals surface area (Å²) in [6, 6.07) is 6.99. The minimum absolute atomic E-state index is 0. The Hall–Kier alpha value is -0.530. The quantitative estimate of drug-likeness (QED) is 0.683. The molecule has 0 amide bonds. The van der Waals surface area contributed by atoms with Crippen molar-refractivity contribution in [2.75, 3.05) is 20.1 Å². The molecule has 1 unspecified atom stereocenters. The molecule has 2 heteroatoms. The topological polar surface area (TPSA) is 3.24 Å². The SMILES string of the molecule is CN1CCc2cccc3c2C(CCCC3)C1.Cl. The van der Waals surface area contributed by atoms with E-state index in [0.29, 0.717) is 0 Å². The van der Waals surface area contributed by atoms with Crippen LogP contribution in [0.4, 0.5) is 0 Å². The van der Waals surface area contributed by atoms with Gasteiger partial charge in [-0.2, -0.15) is 0 Å². The lowest BCUT2D eigenvalue weighted by atomic mass is 9.88. The smallest absolute Gasteiger partial charge is 0.00475 e. The molecule has 0 fully saturated rings. The molecule has 94 valence electrons. The standard InChI is InChI=1S/C15H21N.ClH/c1-16-10-9-13-8-4-7-12-5-2-3-6-14(11-16)15(12)13;/h4,7-8,14H,2-3,5-6,9-11H2,1H3;1H. The normalized spacial score (nSPS) is 24.2. The molecular formula is C15H22ClN. The third-order valence-electron chi connectivity index (χ3n) is 4.24. The van der Waals surface area contributed by atoms with Gasteiger partial charge in [0.2, 0.25) is 0 Å². The Morgan fingerprint density at radius 3 is 2.71 bits per heavy atom. The Morgan fingerprint density at radius 1 is 1.12 bits per heavy atom. The molecule has 0 saturated heterocycles. The first-order chi connectivity index (χ1) is 7.84. The van der Waals surface area contributed by atoms with E-state index in [1.165, 1.54) is 45.2 Å². The molecule has 0 radical (unpaired) electrons. The molecule has 1 aliphatic carbocycles. The summed E-state index contributed by atoms with van der Waals surface area (Å²) in [7, 11) is 2.27. The lowest BCUT2D eigenvalue weighted by molar-refractivity contribution is 0.318. The van der Waals surface area contributed by atoms with Gasteiger partial charge < -0.3 is 4.90 Å². The predicted octanol–water partition coefficient (Wildman–Crippen LogP) is 3.41. The number of benzene rings is 1. The number of likely N-dealkylation sites (N-methyl/N-ethyl adjacent to an activating group) is 1. The Bertz CT molecular complexity index is 389. The van der Waals surface area contributed by atoms with Gasteiger partial charge in [0, 0.05) is 13.1 Å². The van der Waals surface area contributed by atoms with E-state index in [0.717, 1.165) is 5.92 Å². The Balaban J connectivity index is 0.00000108. The first-order valence-corrected chi connectivity index (χ1v) is 6.64. The minimum atomic E-state index is 0. The van der Waals surface area contributed by atoms with Crippen molar-refractivity contribution in [2.45, 2.75) is 38.0 Å². The summed E-state index contributed by atoms with van der Waals surface area (Å²) in [4.78, 5) is 2.51. The highest BCUT2D eigenvalue weighted by Gasteiger charge is 2.25. The second-order valence-corrected chi connectivity index (χ2v) is 5.44. The summed E-state index contributed by atoms with van der Waals surface area (Å²) in [6.07, 6.45) is 6.75. The third-order valence-corrected chi connectivity index (χ3v) is 4.24. The van der Waals surface area contributed by atoms with Crippen LogP contribution in [-0.4, -0.2) is 25.0 Å². The van der Waals surface area contributed by atoms with Crippen LogP contribution in [-0.2, 0) is 12.8 Å². The Labute approximate surface area is 111 Å². The molecule has 3 rings (SSSR count). The van der Waals surface area contributed by atoms with Crippen LogP contribution in [0.15, 0.2) is 18.2 Å². The number of hydrogen-bond donors (Lipinski definition) is 0. The van der Waals surface area contributed by atoms with Crippen molar-refractivity contribution >= 4 is 12.4 Å². The molecular weight excluding hydrogens is 230 g/mol. The molecule has 1 aromatic rings. The van der Waals surface area contributed by atoms with Crippen LogP contribution in [0, 0.1) is 0 Å². The van der Waals surface area contributed by atoms with Crippen molar-refractivity contribution in [3.63, 3.8) is 0 Å². The van der Waals surface area contributed by atoms with Gasteiger partial charge in [0.1, 0.15) is 0 Å². The van der Waals surface area contributed by atoms with Crippen LogP contribution in [0.3, 0.4) is 0 Å². The maximum atomic E-state index is 2.51. The summed E-state index contributed by atoms with van der Waals surface area (Å²) >= 11 is 0. The molecule has 1 aromatic carbocycles. The number of halogens is 1. The van der Waals surface area contributed by atoms with Crippen molar-refractivity contribution < 1.29 is 0 Å². The van der Waals surface area contributed by atoms with Gasteiger partial charge in [-0.3, -0.25) is 0 Å². The van der Waals surface area contributed by atoms with E-state index in [2.05, 4.69) is 30.1 Å². The van der Waals surface area contributed by atoms with E-state index >= 15 is 0 Å². The van der Waals surface area contributed by atoms with E-state index in [1.54, 1.807) is 16.7 Å². The highest BCUT2D eigenvalue weighted by atomic mass is 35.5. The van der Waals surface area contributed by atoms with Crippen LogP contribution >= 0.6 is 12.4 Å². The average molecular weight is 252 g/mol. The lowest BCUT2D eigenvalue weighted by Crippen LogP contribution is -2.23. The van der Waals surface area contributed by atoms with Crippen LogP contribution in [0.5, 0.6) is 0 Å². The molecule has 0 saturated carbocycles. The van der Waals surface area contributed by atoms with Gasteiger partial charge in [-0.25, -0.2) is 0 Å². The fourth-order valence-corrected chi connectivity index (χ4v) is 3.44. The summed E-state index contributed by atoms with van der Waals surface area (Å²) in [5.74, 6) is 0.807.